The van der Waals surface area contributed by atoms with E-state index < -0.39 is 0 Å². The van der Waals surface area contributed by atoms with Crippen molar-refractivity contribution in [2.24, 2.45) is 0 Å². The Kier molecular flexibility index (Phi) is 5.62. The fourth-order valence-electron chi connectivity index (χ4n) is 2.73. The van der Waals surface area contributed by atoms with Gasteiger partial charge in [0.05, 0.1) is 6.61 Å². The molecule has 6 heteroatoms. The van der Waals surface area contributed by atoms with Crippen LogP contribution in [0.3, 0.4) is 0 Å². The van der Waals surface area contributed by atoms with Crippen molar-refractivity contribution < 1.29 is 14.3 Å². The highest BCUT2D eigenvalue weighted by atomic mass is 32.1. The molecule has 1 aliphatic heterocycles. The first-order valence-corrected chi connectivity index (χ1v) is 8.68. The third-order valence-electron chi connectivity index (χ3n) is 4.26. The summed E-state index contributed by atoms with van der Waals surface area (Å²) in [6.07, 6.45) is 1.65. The molecular formula is C19H24N2O3S. The molecule has 0 aliphatic carbocycles. The summed E-state index contributed by atoms with van der Waals surface area (Å²) in [6.45, 7) is 8.64. The maximum Gasteiger partial charge on any atom is 0.265 e. The average molecular weight is 360 g/mol. The van der Waals surface area contributed by atoms with Gasteiger partial charge in [0.1, 0.15) is 11.3 Å². The Morgan fingerprint density at radius 1 is 1.16 bits per heavy atom. The average Bonchev–Trinajstić information content (AvgIpc) is 2.56. The van der Waals surface area contributed by atoms with E-state index in [2.05, 4.69) is 13.8 Å². The quantitative estimate of drug-likeness (QED) is 0.470. The molecule has 0 aromatic heterocycles. The predicted molar refractivity (Wildman–Crippen MR) is 103 cm³/mol. The highest BCUT2D eigenvalue weighted by molar-refractivity contribution is 7.80. The number of benzene rings is 1. The van der Waals surface area contributed by atoms with Gasteiger partial charge < -0.3 is 4.74 Å². The molecule has 2 amide bonds. The smallest absolute Gasteiger partial charge is 0.265 e. The molecule has 1 fully saturated rings. The van der Waals surface area contributed by atoms with E-state index in [0.717, 1.165) is 22.4 Å². The predicted octanol–water partition coefficient (Wildman–Crippen LogP) is 3.12. The Morgan fingerprint density at radius 3 is 2.20 bits per heavy atom. The number of carbonyl (C=O) groups excluding carboxylic acids is 2. The standard InChI is InChI=1S/C19H24N2O3S/c1-7-24-16-8-12(4)13(9-14(16)11(2)3)10-15-17(22)20(5)19(25)21(6)18(15)23/h8-11H,7H2,1-6H3. The summed E-state index contributed by atoms with van der Waals surface area (Å²) in [6, 6.07) is 3.95. The molecule has 0 radical (unpaired) electrons. The van der Waals surface area contributed by atoms with E-state index >= 15 is 0 Å². The SMILES string of the molecule is CCOc1cc(C)c(C=C2C(=O)N(C)C(=S)N(C)C2=O)cc1C(C)C. The van der Waals surface area contributed by atoms with Crippen molar-refractivity contribution in [3.05, 3.63) is 34.4 Å². The van der Waals surface area contributed by atoms with Gasteiger partial charge in [-0.3, -0.25) is 19.4 Å². The molecule has 0 unspecified atom stereocenters. The number of hydrogen-bond donors (Lipinski definition) is 0. The molecule has 0 saturated carbocycles. The van der Waals surface area contributed by atoms with Crippen LogP contribution >= 0.6 is 12.2 Å². The fraction of sp³-hybridized carbons (Fsp3) is 0.421. The first-order chi connectivity index (χ1) is 11.7. The Bertz CT molecular complexity index is 742. The molecule has 5 nitrogen and oxygen atoms in total. The van der Waals surface area contributed by atoms with E-state index in [1.54, 1.807) is 20.2 Å². The molecule has 1 aromatic carbocycles. The van der Waals surface area contributed by atoms with Gasteiger partial charge in [-0.1, -0.05) is 13.8 Å². The second kappa shape index (κ2) is 7.35. The lowest BCUT2D eigenvalue weighted by Gasteiger charge is -2.31. The molecule has 0 spiro atoms. The normalized spacial score (nSPS) is 15.3. The van der Waals surface area contributed by atoms with E-state index in [9.17, 15) is 9.59 Å². The van der Waals surface area contributed by atoms with E-state index in [1.165, 1.54) is 9.80 Å². The van der Waals surface area contributed by atoms with Crippen molar-refractivity contribution in [3.63, 3.8) is 0 Å². The molecule has 25 heavy (non-hydrogen) atoms. The van der Waals surface area contributed by atoms with Gasteiger partial charge in [0, 0.05) is 14.1 Å². The summed E-state index contributed by atoms with van der Waals surface area (Å²) < 4.78 is 5.73. The Labute approximate surface area is 154 Å². The highest BCUT2D eigenvalue weighted by Crippen LogP contribution is 2.31. The molecule has 2 rings (SSSR count). The van der Waals surface area contributed by atoms with Gasteiger partial charge in [-0.05, 0) is 66.9 Å². The topological polar surface area (TPSA) is 49.9 Å². The van der Waals surface area contributed by atoms with E-state index in [0.29, 0.717) is 6.61 Å². The van der Waals surface area contributed by atoms with Crippen LogP contribution in [0, 0.1) is 6.92 Å². The second-order valence-electron chi connectivity index (χ2n) is 6.40. The van der Waals surface area contributed by atoms with E-state index in [-0.39, 0.29) is 28.4 Å². The maximum absolute atomic E-state index is 12.5. The summed E-state index contributed by atoms with van der Waals surface area (Å²) in [5, 5.41) is 0.207. The number of aryl methyl sites for hydroxylation is 1. The number of ether oxygens (including phenoxy) is 1. The van der Waals surface area contributed by atoms with Crippen LogP contribution in [0.25, 0.3) is 6.08 Å². The van der Waals surface area contributed by atoms with Crippen LogP contribution in [0.2, 0.25) is 0 Å². The van der Waals surface area contributed by atoms with Crippen molar-refractivity contribution in [1.29, 1.82) is 0 Å². The Balaban J connectivity index is 2.56. The van der Waals surface area contributed by atoms with Gasteiger partial charge >= 0.3 is 0 Å². The molecule has 1 heterocycles. The van der Waals surface area contributed by atoms with Crippen molar-refractivity contribution in [2.45, 2.75) is 33.6 Å². The second-order valence-corrected chi connectivity index (χ2v) is 6.77. The number of amides is 2. The largest absolute Gasteiger partial charge is 0.494 e. The Hall–Kier alpha value is -2.21. The number of likely N-dealkylation sites (N-methyl/N-ethyl adjacent to an activating group) is 2. The van der Waals surface area contributed by atoms with E-state index in [4.69, 9.17) is 17.0 Å². The van der Waals surface area contributed by atoms with Gasteiger partial charge in [-0.25, -0.2) is 0 Å². The molecule has 0 atom stereocenters. The number of nitrogens with zero attached hydrogens (tertiary/aromatic N) is 2. The van der Waals surface area contributed by atoms with Crippen LogP contribution in [0.4, 0.5) is 0 Å². The zero-order valence-electron chi connectivity index (χ0n) is 15.5. The number of carbonyl (C=O) groups is 2. The molecule has 134 valence electrons. The van der Waals surface area contributed by atoms with Crippen molar-refractivity contribution >= 4 is 35.2 Å². The van der Waals surface area contributed by atoms with Crippen LogP contribution in [0.1, 0.15) is 43.4 Å². The summed E-state index contributed by atoms with van der Waals surface area (Å²) in [5.41, 5.74) is 2.94. The van der Waals surface area contributed by atoms with Crippen LogP contribution in [0.5, 0.6) is 5.75 Å². The number of hydrogen-bond acceptors (Lipinski definition) is 4. The summed E-state index contributed by atoms with van der Waals surface area (Å²) in [7, 11) is 3.15. The highest BCUT2D eigenvalue weighted by Gasteiger charge is 2.35. The zero-order valence-corrected chi connectivity index (χ0v) is 16.4. The van der Waals surface area contributed by atoms with Crippen LogP contribution < -0.4 is 4.74 Å². The van der Waals surface area contributed by atoms with Gasteiger partial charge in [-0.15, -0.1) is 0 Å². The van der Waals surface area contributed by atoms with Crippen molar-refractivity contribution in [1.82, 2.24) is 9.80 Å². The minimum absolute atomic E-state index is 0.112. The fourth-order valence-corrected chi connectivity index (χ4v) is 2.90. The van der Waals surface area contributed by atoms with Gasteiger partial charge in [-0.2, -0.15) is 0 Å². The lowest BCUT2D eigenvalue weighted by Crippen LogP contribution is -2.52. The summed E-state index contributed by atoms with van der Waals surface area (Å²) >= 11 is 5.12. The molecule has 0 N–H and O–H groups in total. The van der Waals surface area contributed by atoms with E-state index in [1.807, 2.05) is 26.0 Å². The summed E-state index contributed by atoms with van der Waals surface area (Å²) in [5.74, 6) is 0.337. The lowest BCUT2D eigenvalue weighted by atomic mass is 9.95. The number of rotatable bonds is 4. The summed E-state index contributed by atoms with van der Waals surface area (Å²) in [4.78, 5) is 27.6. The monoisotopic (exact) mass is 360 g/mol. The molecule has 1 aliphatic rings. The van der Waals surface area contributed by atoms with Crippen LogP contribution in [-0.2, 0) is 9.59 Å². The van der Waals surface area contributed by atoms with Crippen LogP contribution in [-0.4, -0.2) is 47.4 Å². The van der Waals surface area contributed by atoms with Gasteiger partial charge in [0.2, 0.25) is 0 Å². The maximum atomic E-state index is 12.5. The van der Waals surface area contributed by atoms with Gasteiger partial charge in [0.15, 0.2) is 5.11 Å². The lowest BCUT2D eigenvalue weighted by molar-refractivity contribution is -0.132. The third-order valence-corrected chi connectivity index (χ3v) is 4.81. The first-order valence-electron chi connectivity index (χ1n) is 8.28. The van der Waals surface area contributed by atoms with Crippen LogP contribution in [0.15, 0.2) is 17.7 Å². The van der Waals surface area contributed by atoms with Crippen molar-refractivity contribution in [2.75, 3.05) is 20.7 Å². The minimum Gasteiger partial charge on any atom is -0.494 e. The first kappa shape index (κ1) is 19.1. The molecular weight excluding hydrogens is 336 g/mol. The Morgan fingerprint density at radius 2 is 1.72 bits per heavy atom. The molecule has 0 bridgehead atoms. The van der Waals surface area contributed by atoms with Gasteiger partial charge in [0.25, 0.3) is 11.8 Å². The molecule has 1 aromatic rings. The minimum atomic E-state index is -0.382. The number of thiocarbonyl (C=S) groups is 1. The molecule has 1 saturated heterocycles. The zero-order chi connectivity index (χ0) is 18.9. The van der Waals surface area contributed by atoms with Crippen molar-refractivity contribution in [3.8, 4) is 5.75 Å². The third kappa shape index (κ3) is 3.58.